The van der Waals surface area contributed by atoms with Crippen molar-refractivity contribution < 1.29 is 9.53 Å². The molecule has 0 unspecified atom stereocenters. The molecule has 9 heteroatoms. The Balaban J connectivity index is 1.56. The number of aryl methyl sites for hydroxylation is 1. The number of halogens is 2. The molecule has 2 aromatic carbocycles. The Morgan fingerprint density at radius 3 is 2.79 bits per heavy atom. The Kier molecular flexibility index (Phi) is 7.40. The average Bonchev–Trinajstić information content (AvgIpc) is 3.12. The van der Waals surface area contributed by atoms with Crippen molar-refractivity contribution in [1.82, 2.24) is 10.2 Å². The zero-order chi connectivity index (χ0) is 21.0. The molecule has 0 saturated carbocycles. The largest absolute Gasteiger partial charge is 0.481 e. The molecule has 0 radical (unpaired) electrons. The molecule has 1 amide bonds. The summed E-state index contributed by atoms with van der Waals surface area (Å²) in [7, 11) is 0. The number of nitrogens with one attached hydrogen (secondary N) is 1. The van der Waals surface area contributed by atoms with Gasteiger partial charge in [0.15, 0.2) is 10.4 Å². The summed E-state index contributed by atoms with van der Waals surface area (Å²) in [5.41, 5.74) is 3.08. The van der Waals surface area contributed by atoms with Crippen molar-refractivity contribution in [2.75, 3.05) is 5.32 Å². The average molecular weight is 468 g/mol. The van der Waals surface area contributed by atoms with Gasteiger partial charge in [-0.05, 0) is 55.7 Å². The van der Waals surface area contributed by atoms with E-state index in [0.717, 1.165) is 21.0 Å². The Morgan fingerprint density at radius 1 is 1.24 bits per heavy atom. The van der Waals surface area contributed by atoms with E-state index in [2.05, 4.69) is 15.5 Å². The van der Waals surface area contributed by atoms with Crippen LogP contribution < -0.4 is 10.1 Å². The number of hydrogen-bond acceptors (Lipinski definition) is 6. The SMILES string of the molecule is Cc1cccc(O[C@@H](C)C(=O)Nc2nnc(SCc3ccc(Cl)cc3Cl)s2)c1C. The lowest BCUT2D eigenvalue weighted by molar-refractivity contribution is -0.122. The number of carbonyl (C=O) groups excluding carboxylic acids is 1. The van der Waals surface area contributed by atoms with Crippen LogP contribution in [-0.2, 0) is 10.5 Å². The van der Waals surface area contributed by atoms with Crippen LogP contribution in [0, 0.1) is 13.8 Å². The number of carbonyl (C=O) groups is 1. The number of anilines is 1. The lowest BCUT2D eigenvalue weighted by Gasteiger charge is -2.16. The molecule has 1 aromatic heterocycles. The van der Waals surface area contributed by atoms with Crippen LogP contribution in [0.5, 0.6) is 5.75 Å². The summed E-state index contributed by atoms with van der Waals surface area (Å²) in [4.78, 5) is 12.4. The van der Waals surface area contributed by atoms with Crippen LogP contribution in [0.2, 0.25) is 10.0 Å². The van der Waals surface area contributed by atoms with Crippen molar-refractivity contribution >= 4 is 57.3 Å². The lowest BCUT2D eigenvalue weighted by atomic mass is 10.1. The molecule has 0 fully saturated rings. The molecule has 0 aliphatic rings. The highest BCUT2D eigenvalue weighted by Crippen LogP contribution is 2.31. The van der Waals surface area contributed by atoms with Gasteiger partial charge in [0.25, 0.3) is 5.91 Å². The fourth-order valence-corrected chi connectivity index (χ4v) is 4.71. The van der Waals surface area contributed by atoms with Crippen LogP contribution in [0.15, 0.2) is 40.7 Å². The van der Waals surface area contributed by atoms with Crippen LogP contribution in [0.1, 0.15) is 23.6 Å². The minimum absolute atomic E-state index is 0.278. The molecule has 1 N–H and O–H groups in total. The van der Waals surface area contributed by atoms with Gasteiger partial charge >= 0.3 is 0 Å². The zero-order valence-corrected chi connectivity index (χ0v) is 19.2. The number of hydrogen-bond donors (Lipinski definition) is 1. The van der Waals surface area contributed by atoms with E-state index in [0.29, 0.717) is 26.7 Å². The van der Waals surface area contributed by atoms with Crippen LogP contribution in [-0.4, -0.2) is 22.2 Å². The summed E-state index contributed by atoms with van der Waals surface area (Å²) < 4.78 is 6.54. The first-order chi connectivity index (χ1) is 13.8. The molecule has 0 bridgehead atoms. The quantitative estimate of drug-likeness (QED) is 0.332. The maximum atomic E-state index is 12.4. The van der Waals surface area contributed by atoms with Gasteiger partial charge < -0.3 is 4.74 Å². The van der Waals surface area contributed by atoms with Crippen LogP contribution in [0.25, 0.3) is 0 Å². The van der Waals surface area contributed by atoms with Gasteiger partial charge in [0.1, 0.15) is 5.75 Å². The van der Waals surface area contributed by atoms with E-state index in [1.165, 1.54) is 23.1 Å². The predicted octanol–water partition coefficient (Wildman–Crippen LogP) is 6.16. The summed E-state index contributed by atoms with van der Waals surface area (Å²) in [6.45, 7) is 5.68. The predicted molar refractivity (Wildman–Crippen MR) is 121 cm³/mol. The van der Waals surface area contributed by atoms with Crippen molar-refractivity contribution in [3.63, 3.8) is 0 Å². The van der Waals surface area contributed by atoms with Crippen molar-refractivity contribution in [3.8, 4) is 5.75 Å². The van der Waals surface area contributed by atoms with Gasteiger partial charge in [-0.2, -0.15) is 0 Å². The molecule has 5 nitrogen and oxygen atoms in total. The van der Waals surface area contributed by atoms with E-state index >= 15 is 0 Å². The second-order valence-electron chi connectivity index (χ2n) is 6.34. The molecule has 1 heterocycles. The third-order valence-electron chi connectivity index (χ3n) is 4.23. The van der Waals surface area contributed by atoms with Crippen molar-refractivity contribution in [2.24, 2.45) is 0 Å². The normalized spacial score (nSPS) is 11.9. The summed E-state index contributed by atoms with van der Waals surface area (Å²) in [5.74, 6) is 1.05. The first-order valence-electron chi connectivity index (χ1n) is 8.77. The standard InChI is InChI=1S/C20H19Cl2N3O2S2/c1-11-5-4-6-17(12(11)2)27-13(3)18(26)23-19-24-25-20(29-19)28-10-14-7-8-15(21)9-16(14)22/h4-9,13H,10H2,1-3H3,(H,23,24,26)/t13-/m0/s1. The summed E-state index contributed by atoms with van der Waals surface area (Å²) >= 11 is 14.9. The van der Waals surface area contributed by atoms with Crippen LogP contribution >= 0.6 is 46.3 Å². The van der Waals surface area contributed by atoms with Crippen molar-refractivity contribution in [3.05, 3.63) is 63.1 Å². The topological polar surface area (TPSA) is 64.1 Å². The number of amides is 1. The number of nitrogens with zero attached hydrogens (tertiary/aromatic N) is 2. The van der Waals surface area contributed by atoms with Gasteiger partial charge in [0.2, 0.25) is 5.13 Å². The molecule has 0 aliphatic carbocycles. The van der Waals surface area contributed by atoms with Gasteiger partial charge in [0.05, 0.1) is 0 Å². The van der Waals surface area contributed by atoms with E-state index in [4.69, 9.17) is 27.9 Å². The fourth-order valence-electron chi connectivity index (χ4n) is 2.40. The molecule has 1 atom stereocenters. The maximum absolute atomic E-state index is 12.4. The van der Waals surface area contributed by atoms with Crippen LogP contribution in [0.4, 0.5) is 5.13 Å². The number of thioether (sulfide) groups is 1. The molecule has 152 valence electrons. The Morgan fingerprint density at radius 2 is 2.03 bits per heavy atom. The highest BCUT2D eigenvalue weighted by atomic mass is 35.5. The number of rotatable bonds is 7. The number of ether oxygens (including phenoxy) is 1. The molecule has 0 spiro atoms. The highest BCUT2D eigenvalue weighted by Gasteiger charge is 2.18. The molecule has 3 aromatic rings. The summed E-state index contributed by atoms with van der Waals surface area (Å²) in [6.07, 6.45) is -0.664. The second-order valence-corrected chi connectivity index (χ2v) is 9.39. The number of aromatic nitrogens is 2. The summed E-state index contributed by atoms with van der Waals surface area (Å²) in [6, 6.07) is 11.2. The van der Waals surface area contributed by atoms with Gasteiger partial charge in [0, 0.05) is 15.8 Å². The van der Waals surface area contributed by atoms with Gasteiger partial charge in [-0.25, -0.2) is 0 Å². The third-order valence-corrected chi connectivity index (χ3v) is 6.84. The monoisotopic (exact) mass is 467 g/mol. The molecule has 29 heavy (non-hydrogen) atoms. The molecule has 0 saturated heterocycles. The van der Waals surface area contributed by atoms with E-state index in [1.54, 1.807) is 19.1 Å². The Hall–Kier alpha value is -1.80. The van der Waals surface area contributed by atoms with E-state index < -0.39 is 6.10 Å². The molecular weight excluding hydrogens is 449 g/mol. The van der Waals surface area contributed by atoms with Crippen molar-refractivity contribution in [2.45, 2.75) is 37.0 Å². The smallest absolute Gasteiger partial charge is 0.266 e. The first kappa shape index (κ1) is 21.9. The van der Waals surface area contributed by atoms with Crippen LogP contribution in [0.3, 0.4) is 0 Å². The first-order valence-corrected chi connectivity index (χ1v) is 11.3. The van der Waals surface area contributed by atoms with Crippen molar-refractivity contribution in [1.29, 1.82) is 0 Å². The summed E-state index contributed by atoms with van der Waals surface area (Å²) in [5, 5.41) is 12.5. The molecular formula is C20H19Cl2N3O2S2. The second kappa shape index (κ2) is 9.80. The lowest BCUT2D eigenvalue weighted by Crippen LogP contribution is -2.30. The minimum atomic E-state index is -0.664. The van der Waals surface area contributed by atoms with E-state index in [9.17, 15) is 4.79 Å². The van der Waals surface area contributed by atoms with Gasteiger partial charge in [-0.15, -0.1) is 10.2 Å². The fraction of sp³-hybridized carbons (Fsp3) is 0.250. The van der Waals surface area contributed by atoms with Gasteiger partial charge in [-0.3, -0.25) is 10.1 Å². The minimum Gasteiger partial charge on any atom is -0.481 e. The molecule has 3 rings (SSSR count). The Labute approximate surface area is 187 Å². The number of benzene rings is 2. The zero-order valence-electron chi connectivity index (χ0n) is 16.0. The molecule has 0 aliphatic heterocycles. The van der Waals surface area contributed by atoms with Gasteiger partial charge in [-0.1, -0.05) is 64.5 Å². The third kappa shape index (κ3) is 5.85. The Bertz CT molecular complexity index is 1030. The van der Waals surface area contributed by atoms with E-state index in [-0.39, 0.29) is 5.91 Å². The van der Waals surface area contributed by atoms with E-state index in [1.807, 2.05) is 38.1 Å². The highest BCUT2D eigenvalue weighted by molar-refractivity contribution is 8.00. The maximum Gasteiger partial charge on any atom is 0.266 e.